The van der Waals surface area contributed by atoms with Crippen molar-refractivity contribution in [3.63, 3.8) is 0 Å². The van der Waals surface area contributed by atoms with Crippen LogP contribution in [0, 0.1) is 0 Å². The summed E-state index contributed by atoms with van der Waals surface area (Å²) in [6.45, 7) is 1.36. The van der Waals surface area contributed by atoms with Gasteiger partial charge in [-0.1, -0.05) is 28.9 Å². The molecule has 0 saturated heterocycles. The normalized spacial score (nSPS) is 11.0. The van der Waals surface area contributed by atoms with E-state index in [9.17, 15) is 0 Å². The van der Waals surface area contributed by atoms with Gasteiger partial charge in [-0.25, -0.2) is 0 Å². The minimum Gasteiger partial charge on any atom is -0.497 e. The highest BCUT2D eigenvalue weighted by Crippen LogP contribution is 2.19. The molecule has 0 atom stereocenters. The van der Waals surface area contributed by atoms with Gasteiger partial charge in [-0.05, 0) is 49.0 Å². The third-order valence-electron chi connectivity index (χ3n) is 3.59. The summed E-state index contributed by atoms with van der Waals surface area (Å²) in [5.41, 5.74) is 2.07. The number of ether oxygens (including phenoxy) is 1. The number of aromatic nitrogens is 2. The summed E-state index contributed by atoms with van der Waals surface area (Å²) < 4.78 is 10.5. The number of hydrogen-bond acceptors (Lipinski definition) is 5. The first kappa shape index (κ1) is 16.5. The lowest BCUT2D eigenvalue weighted by Crippen LogP contribution is -2.17. The topological polar surface area (TPSA) is 51.4 Å². The first-order chi connectivity index (χ1) is 11.6. The summed E-state index contributed by atoms with van der Waals surface area (Å²) in [5.74, 6) is 2.00. The van der Waals surface area contributed by atoms with Gasteiger partial charge in [-0.2, -0.15) is 4.98 Å². The minimum absolute atomic E-state index is 0.569. The van der Waals surface area contributed by atoms with Gasteiger partial charge in [-0.3, -0.25) is 4.90 Å². The van der Waals surface area contributed by atoms with Crippen LogP contribution in [0.1, 0.15) is 11.5 Å². The molecule has 3 aromatic rings. The first-order valence-corrected chi connectivity index (χ1v) is 7.92. The van der Waals surface area contributed by atoms with E-state index in [2.05, 4.69) is 15.0 Å². The van der Waals surface area contributed by atoms with Gasteiger partial charge in [0, 0.05) is 17.1 Å². The van der Waals surface area contributed by atoms with Crippen molar-refractivity contribution in [2.75, 3.05) is 14.2 Å². The quantitative estimate of drug-likeness (QED) is 0.676. The number of halogens is 1. The number of benzene rings is 2. The summed E-state index contributed by atoms with van der Waals surface area (Å²) in [7, 11) is 3.67. The van der Waals surface area contributed by atoms with E-state index in [-0.39, 0.29) is 0 Å². The Morgan fingerprint density at radius 3 is 2.42 bits per heavy atom. The molecule has 124 valence electrons. The second kappa shape index (κ2) is 7.47. The van der Waals surface area contributed by atoms with Crippen molar-refractivity contribution in [1.29, 1.82) is 0 Å². The van der Waals surface area contributed by atoms with Gasteiger partial charge in [0.25, 0.3) is 0 Å². The molecule has 0 aliphatic rings. The van der Waals surface area contributed by atoms with Gasteiger partial charge in [0.05, 0.1) is 13.7 Å². The summed E-state index contributed by atoms with van der Waals surface area (Å²) >= 11 is 5.89. The third-order valence-corrected chi connectivity index (χ3v) is 3.84. The van der Waals surface area contributed by atoms with Crippen LogP contribution in [0.5, 0.6) is 5.75 Å². The summed E-state index contributed by atoms with van der Waals surface area (Å²) in [4.78, 5) is 6.55. The van der Waals surface area contributed by atoms with Crippen molar-refractivity contribution in [3.8, 4) is 17.1 Å². The fraction of sp³-hybridized carbons (Fsp3) is 0.222. The fourth-order valence-corrected chi connectivity index (χ4v) is 2.49. The Hall–Kier alpha value is -2.37. The van der Waals surface area contributed by atoms with Crippen molar-refractivity contribution in [2.45, 2.75) is 13.1 Å². The molecule has 0 N–H and O–H groups in total. The maximum atomic E-state index is 5.89. The van der Waals surface area contributed by atoms with Crippen molar-refractivity contribution in [1.82, 2.24) is 15.0 Å². The van der Waals surface area contributed by atoms with E-state index in [1.54, 1.807) is 7.11 Å². The Balaban J connectivity index is 1.62. The van der Waals surface area contributed by atoms with E-state index in [1.807, 2.05) is 55.6 Å². The molecule has 24 heavy (non-hydrogen) atoms. The fourth-order valence-electron chi connectivity index (χ4n) is 2.36. The van der Waals surface area contributed by atoms with Gasteiger partial charge in [0.1, 0.15) is 5.75 Å². The van der Waals surface area contributed by atoms with E-state index >= 15 is 0 Å². The molecule has 0 saturated carbocycles. The Labute approximate surface area is 145 Å². The lowest BCUT2D eigenvalue weighted by atomic mass is 10.2. The molecule has 1 aromatic heterocycles. The van der Waals surface area contributed by atoms with Crippen LogP contribution >= 0.6 is 11.6 Å². The Morgan fingerprint density at radius 1 is 1.04 bits per heavy atom. The van der Waals surface area contributed by atoms with Crippen LogP contribution in [-0.2, 0) is 13.1 Å². The standard InChI is InChI=1S/C18H18ClN3O2/c1-22(11-13-3-9-16(23-2)10-4-13)12-17-20-18(21-24-17)14-5-7-15(19)8-6-14/h3-10H,11-12H2,1-2H3. The third kappa shape index (κ3) is 4.13. The van der Waals surface area contributed by atoms with E-state index < -0.39 is 0 Å². The van der Waals surface area contributed by atoms with Crippen LogP contribution in [0.2, 0.25) is 5.02 Å². The highest BCUT2D eigenvalue weighted by atomic mass is 35.5. The van der Waals surface area contributed by atoms with Crippen LogP contribution in [-0.4, -0.2) is 29.2 Å². The van der Waals surface area contributed by atoms with Crippen LogP contribution < -0.4 is 4.74 Å². The highest BCUT2D eigenvalue weighted by molar-refractivity contribution is 6.30. The first-order valence-electron chi connectivity index (χ1n) is 7.54. The molecule has 0 spiro atoms. The van der Waals surface area contributed by atoms with Gasteiger partial charge < -0.3 is 9.26 Å². The molecule has 2 aromatic carbocycles. The SMILES string of the molecule is COc1ccc(CN(C)Cc2nc(-c3ccc(Cl)cc3)no2)cc1. The largest absolute Gasteiger partial charge is 0.497 e. The molecule has 0 aliphatic carbocycles. The molecule has 0 amide bonds. The molecule has 0 unspecified atom stereocenters. The van der Waals surface area contributed by atoms with E-state index in [0.717, 1.165) is 17.9 Å². The zero-order chi connectivity index (χ0) is 16.9. The molecule has 5 nitrogen and oxygen atoms in total. The zero-order valence-electron chi connectivity index (χ0n) is 13.6. The predicted molar refractivity (Wildman–Crippen MR) is 92.9 cm³/mol. The van der Waals surface area contributed by atoms with E-state index in [0.29, 0.717) is 23.3 Å². The predicted octanol–water partition coefficient (Wildman–Crippen LogP) is 4.03. The Kier molecular flexibility index (Phi) is 5.13. The molecule has 0 fully saturated rings. The smallest absolute Gasteiger partial charge is 0.241 e. The van der Waals surface area contributed by atoms with Gasteiger partial charge in [0.2, 0.25) is 11.7 Å². The molecule has 6 heteroatoms. The molecular weight excluding hydrogens is 326 g/mol. The number of methoxy groups -OCH3 is 1. The van der Waals surface area contributed by atoms with Crippen LogP contribution in [0.3, 0.4) is 0 Å². The molecular formula is C18H18ClN3O2. The second-order valence-electron chi connectivity index (χ2n) is 5.54. The van der Waals surface area contributed by atoms with E-state index in [1.165, 1.54) is 5.56 Å². The lowest BCUT2D eigenvalue weighted by Gasteiger charge is -2.14. The zero-order valence-corrected chi connectivity index (χ0v) is 14.3. The van der Waals surface area contributed by atoms with Crippen LogP contribution in [0.25, 0.3) is 11.4 Å². The molecule has 3 rings (SSSR count). The summed E-state index contributed by atoms with van der Waals surface area (Å²) in [6, 6.07) is 15.4. The molecule has 0 aliphatic heterocycles. The monoisotopic (exact) mass is 343 g/mol. The number of rotatable bonds is 6. The summed E-state index contributed by atoms with van der Waals surface area (Å²) in [6.07, 6.45) is 0. The Morgan fingerprint density at radius 2 is 1.75 bits per heavy atom. The maximum absolute atomic E-state index is 5.89. The van der Waals surface area contributed by atoms with Crippen molar-refractivity contribution >= 4 is 11.6 Å². The Bertz CT molecular complexity index is 785. The molecule has 1 heterocycles. The van der Waals surface area contributed by atoms with Gasteiger partial charge in [0.15, 0.2) is 0 Å². The molecule has 0 radical (unpaired) electrons. The number of hydrogen-bond donors (Lipinski definition) is 0. The van der Waals surface area contributed by atoms with Crippen molar-refractivity contribution in [2.24, 2.45) is 0 Å². The number of nitrogens with zero attached hydrogens (tertiary/aromatic N) is 3. The lowest BCUT2D eigenvalue weighted by molar-refractivity contribution is 0.261. The van der Waals surface area contributed by atoms with Crippen LogP contribution in [0.15, 0.2) is 53.1 Å². The maximum Gasteiger partial charge on any atom is 0.241 e. The minimum atomic E-state index is 0.569. The molecule has 0 bridgehead atoms. The van der Waals surface area contributed by atoms with E-state index in [4.69, 9.17) is 20.9 Å². The van der Waals surface area contributed by atoms with Crippen molar-refractivity contribution in [3.05, 3.63) is 65.0 Å². The highest BCUT2D eigenvalue weighted by Gasteiger charge is 2.11. The van der Waals surface area contributed by atoms with Gasteiger partial charge in [-0.15, -0.1) is 0 Å². The van der Waals surface area contributed by atoms with Crippen molar-refractivity contribution < 1.29 is 9.26 Å². The average Bonchev–Trinajstić information content (AvgIpc) is 3.04. The van der Waals surface area contributed by atoms with Gasteiger partial charge >= 0.3 is 0 Å². The summed E-state index contributed by atoms with van der Waals surface area (Å²) in [5, 5.41) is 4.71. The van der Waals surface area contributed by atoms with Crippen LogP contribution in [0.4, 0.5) is 0 Å². The average molecular weight is 344 g/mol. The second-order valence-corrected chi connectivity index (χ2v) is 5.98.